The van der Waals surface area contributed by atoms with Crippen LogP contribution in [0.2, 0.25) is 0 Å². The van der Waals surface area contributed by atoms with Gasteiger partial charge in [0.15, 0.2) is 0 Å². The quantitative estimate of drug-likeness (QED) is 0.548. The summed E-state index contributed by atoms with van der Waals surface area (Å²) in [6.07, 6.45) is 0. The van der Waals surface area contributed by atoms with Gasteiger partial charge in [0.1, 0.15) is 5.69 Å². The van der Waals surface area contributed by atoms with E-state index in [1.54, 1.807) is 37.3 Å². The van der Waals surface area contributed by atoms with Gasteiger partial charge in [-0.1, -0.05) is 18.2 Å². The number of hydrogen-bond acceptors (Lipinski definition) is 6. The van der Waals surface area contributed by atoms with Gasteiger partial charge >= 0.3 is 0 Å². The summed E-state index contributed by atoms with van der Waals surface area (Å²) in [5, 5.41) is 22.8. The van der Waals surface area contributed by atoms with E-state index in [0.29, 0.717) is 5.69 Å². The minimum Gasteiger partial charge on any atom is -0.395 e. The molecule has 2 N–H and O–H groups in total. The molecule has 0 unspecified atom stereocenters. The van der Waals surface area contributed by atoms with E-state index in [1.807, 2.05) is 0 Å². The van der Waals surface area contributed by atoms with E-state index in [4.69, 9.17) is 5.11 Å². The van der Waals surface area contributed by atoms with Crippen LogP contribution >= 0.6 is 0 Å². The lowest BCUT2D eigenvalue weighted by molar-refractivity contribution is -0.384. The van der Waals surface area contributed by atoms with E-state index < -0.39 is 14.9 Å². The number of rotatable bonds is 8. The average molecular weight is 365 g/mol. The first kappa shape index (κ1) is 18.7. The summed E-state index contributed by atoms with van der Waals surface area (Å²) >= 11 is 0. The molecular formula is C16H19N3O5S. The number of benzene rings is 2. The number of nitrogens with zero attached hydrogens (tertiary/aromatic N) is 2. The molecule has 0 radical (unpaired) electrons. The van der Waals surface area contributed by atoms with Gasteiger partial charge in [0, 0.05) is 19.2 Å². The third-order valence-electron chi connectivity index (χ3n) is 3.51. The summed E-state index contributed by atoms with van der Waals surface area (Å²) in [6.45, 7) is 1.80. The molecule has 2 rings (SSSR count). The van der Waals surface area contributed by atoms with Gasteiger partial charge in [-0.05, 0) is 31.2 Å². The molecule has 25 heavy (non-hydrogen) atoms. The first-order chi connectivity index (χ1) is 11.9. The van der Waals surface area contributed by atoms with Gasteiger partial charge < -0.3 is 10.4 Å². The van der Waals surface area contributed by atoms with Crippen molar-refractivity contribution in [1.29, 1.82) is 0 Å². The first-order valence-corrected chi connectivity index (χ1v) is 9.06. The molecule has 0 aliphatic rings. The highest BCUT2D eigenvalue weighted by atomic mass is 32.2. The third-order valence-corrected chi connectivity index (χ3v) is 5.41. The Balaban J connectivity index is 2.48. The van der Waals surface area contributed by atoms with E-state index in [0.717, 1.165) is 6.07 Å². The van der Waals surface area contributed by atoms with Crippen LogP contribution in [0.4, 0.5) is 17.1 Å². The van der Waals surface area contributed by atoms with Crippen molar-refractivity contribution in [3.8, 4) is 0 Å². The minimum atomic E-state index is -3.95. The predicted octanol–water partition coefficient (Wildman–Crippen LogP) is 2.21. The van der Waals surface area contributed by atoms with Gasteiger partial charge in [0.2, 0.25) is 0 Å². The Morgan fingerprint density at radius 3 is 2.44 bits per heavy atom. The number of aliphatic hydroxyl groups is 1. The van der Waals surface area contributed by atoms with Gasteiger partial charge in [-0.15, -0.1) is 0 Å². The molecule has 0 amide bonds. The molecule has 0 saturated carbocycles. The molecule has 134 valence electrons. The first-order valence-electron chi connectivity index (χ1n) is 7.62. The largest absolute Gasteiger partial charge is 0.395 e. The number of nitro benzene ring substituents is 1. The van der Waals surface area contributed by atoms with Crippen LogP contribution in [0.25, 0.3) is 0 Å². The summed E-state index contributed by atoms with van der Waals surface area (Å²) in [5.74, 6) is 0. The van der Waals surface area contributed by atoms with Crippen LogP contribution in [0.15, 0.2) is 53.4 Å². The Morgan fingerprint density at radius 2 is 1.88 bits per heavy atom. The third kappa shape index (κ3) is 4.06. The zero-order chi connectivity index (χ0) is 18.4. The number of anilines is 2. The van der Waals surface area contributed by atoms with Crippen molar-refractivity contribution < 1.29 is 18.4 Å². The predicted molar refractivity (Wildman–Crippen MR) is 95.3 cm³/mol. The molecule has 0 saturated heterocycles. The normalized spacial score (nSPS) is 11.1. The fourth-order valence-electron chi connectivity index (χ4n) is 2.38. The van der Waals surface area contributed by atoms with Crippen LogP contribution < -0.4 is 9.62 Å². The fraction of sp³-hybridized carbons (Fsp3) is 0.250. The molecule has 2 aromatic rings. The zero-order valence-corrected chi connectivity index (χ0v) is 14.4. The standard InChI is InChI=1S/C16H19N3O5S/c1-2-18(13-6-4-3-5-7-13)25(23,24)14-8-9-15(17-10-11-20)16(12-14)19(21)22/h3-9,12,17,20H,2,10-11H2,1H3. The maximum absolute atomic E-state index is 12.9. The smallest absolute Gasteiger partial charge is 0.293 e. The molecule has 0 bridgehead atoms. The second-order valence-electron chi connectivity index (χ2n) is 5.09. The van der Waals surface area contributed by atoms with Gasteiger partial charge in [-0.3, -0.25) is 14.4 Å². The van der Waals surface area contributed by atoms with Crippen LogP contribution in [0, 0.1) is 10.1 Å². The van der Waals surface area contributed by atoms with Crippen LogP contribution in [-0.4, -0.2) is 38.1 Å². The molecule has 0 fully saturated rings. The van der Waals surface area contributed by atoms with E-state index in [-0.39, 0.29) is 36.0 Å². The van der Waals surface area contributed by atoms with Crippen LogP contribution in [0.3, 0.4) is 0 Å². The van der Waals surface area contributed by atoms with Crippen molar-refractivity contribution in [3.05, 3.63) is 58.6 Å². The Hall–Kier alpha value is -2.65. The zero-order valence-electron chi connectivity index (χ0n) is 13.6. The van der Waals surface area contributed by atoms with Crippen molar-refractivity contribution in [2.24, 2.45) is 0 Å². The minimum absolute atomic E-state index is 0.123. The number of nitrogens with one attached hydrogen (secondary N) is 1. The second-order valence-corrected chi connectivity index (χ2v) is 6.95. The maximum atomic E-state index is 12.9. The highest BCUT2D eigenvalue weighted by Gasteiger charge is 2.26. The Bertz CT molecular complexity index is 840. The van der Waals surface area contributed by atoms with Crippen molar-refractivity contribution in [2.45, 2.75) is 11.8 Å². The lowest BCUT2D eigenvalue weighted by Gasteiger charge is -2.23. The molecule has 0 aliphatic heterocycles. The number of hydrogen-bond donors (Lipinski definition) is 2. The van der Waals surface area contributed by atoms with Gasteiger partial charge in [-0.2, -0.15) is 0 Å². The van der Waals surface area contributed by atoms with Crippen molar-refractivity contribution in [1.82, 2.24) is 0 Å². The SMILES string of the molecule is CCN(c1ccccc1)S(=O)(=O)c1ccc(NCCO)c([N+](=O)[O-])c1. The highest BCUT2D eigenvalue weighted by Crippen LogP contribution is 2.30. The molecule has 0 heterocycles. The van der Waals surface area contributed by atoms with Gasteiger partial charge in [-0.25, -0.2) is 8.42 Å². The maximum Gasteiger partial charge on any atom is 0.293 e. The van der Waals surface area contributed by atoms with Gasteiger partial charge in [0.05, 0.1) is 22.1 Å². The van der Waals surface area contributed by atoms with Gasteiger partial charge in [0.25, 0.3) is 15.7 Å². The molecule has 0 aliphatic carbocycles. The van der Waals surface area contributed by atoms with Crippen molar-refractivity contribution in [2.75, 3.05) is 29.3 Å². The molecule has 8 nitrogen and oxygen atoms in total. The number of para-hydroxylation sites is 1. The number of nitro groups is 1. The Morgan fingerprint density at radius 1 is 1.20 bits per heavy atom. The van der Waals surface area contributed by atoms with E-state index in [9.17, 15) is 18.5 Å². The van der Waals surface area contributed by atoms with Crippen LogP contribution in [0.1, 0.15) is 6.92 Å². The molecule has 9 heteroatoms. The Kier molecular flexibility index (Phi) is 5.94. The number of sulfonamides is 1. The summed E-state index contributed by atoms with van der Waals surface area (Å²) in [4.78, 5) is 10.4. The summed E-state index contributed by atoms with van der Waals surface area (Å²) < 4.78 is 27.0. The number of aliphatic hydroxyl groups excluding tert-OH is 1. The highest BCUT2D eigenvalue weighted by molar-refractivity contribution is 7.92. The second kappa shape index (κ2) is 7.95. The summed E-state index contributed by atoms with van der Waals surface area (Å²) in [7, 11) is -3.95. The fourth-order valence-corrected chi connectivity index (χ4v) is 3.87. The van der Waals surface area contributed by atoms with Crippen molar-refractivity contribution in [3.63, 3.8) is 0 Å². The van der Waals surface area contributed by atoms with Crippen LogP contribution in [0.5, 0.6) is 0 Å². The van der Waals surface area contributed by atoms with E-state index >= 15 is 0 Å². The van der Waals surface area contributed by atoms with E-state index in [1.165, 1.54) is 16.4 Å². The summed E-state index contributed by atoms with van der Waals surface area (Å²) in [6, 6.07) is 12.2. The molecular weight excluding hydrogens is 346 g/mol. The monoisotopic (exact) mass is 365 g/mol. The lowest BCUT2D eigenvalue weighted by Crippen LogP contribution is -2.30. The van der Waals surface area contributed by atoms with Crippen LogP contribution in [-0.2, 0) is 10.0 Å². The molecule has 0 aromatic heterocycles. The lowest BCUT2D eigenvalue weighted by atomic mass is 10.2. The molecule has 0 spiro atoms. The Labute approximate surface area is 145 Å². The van der Waals surface area contributed by atoms with E-state index in [2.05, 4.69) is 5.32 Å². The molecule has 0 atom stereocenters. The average Bonchev–Trinajstić information content (AvgIpc) is 2.61. The molecule has 2 aromatic carbocycles. The summed E-state index contributed by atoms with van der Waals surface area (Å²) in [5.41, 5.74) is 0.273. The van der Waals surface area contributed by atoms with Crippen molar-refractivity contribution >= 4 is 27.1 Å². The topological polar surface area (TPSA) is 113 Å².